The van der Waals surface area contributed by atoms with Gasteiger partial charge in [-0.1, -0.05) is 6.92 Å². The zero-order chi connectivity index (χ0) is 16.3. The molecule has 2 amide bonds. The van der Waals surface area contributed by atoms with Crippen molar-refractivity contribution in [3.63, 3.8) is 0 Å². The number of carbonyl (C=O) groups excluding carboxylic acids is 1. The summed E-state index contributed by atoms with van der Waals surface area (Å²) in [6.07, 6.45) is 2.65. The van der Waals surface area contributed by atoms with Crippen molar-refractivity contribution >= 4 is 12.0 Å². The van der Waals surface area contributed by atoms with Crippen LogP contribution in [0.2, 0.25) is 0 Å². The van der Waals surface area contributed by atoms with E-state index in [0.717, 1.165) is 12.8 Å². The monoisotopic (exact) mass is 299 g/mol. The molecule has 0 atom stereocenters. The Balaban J connectivity index is 2.60. The van der Waals surface area contributed by atoms with Crippen LogP contribution in [0.3, 0.4) is 0 Å². The maximum Gasteiger partial charge on any atom is 0.329 e. The second kappa shape index (κ2) is 6.64. The van der Waals surface area contributed by atoms with Crippen LogP contribution >= 0.6 is 0 Å². The van der Waals surface area contributed by atoms with Gasteiger partial charge < -0.3 is 20.6 Å². The second-order valence-electron chi connectivity index (χ2n) is 7.08. The molecule has 1 saturated carbocycles. The number of hydrogen-bond donors (Lipinski definition) is 3. The highest BCUT2D eigenvalue weighted by atomic mass is 16.4. The van der Waals surface area contributed by atoms with Gasteiger partial charge in [0.15, 0.2) is 0 Å². The van der Waals surface area contributed by atoms with Gasteiger partial charge in [0.05, 0.1) is 0 Å². The Labute approximate surface area is 127 Å². The first kappa shape index (κ1) is 17.8. The number of likely N-dealkylation sites (N-methyl/N-ethyl adjacent to an activating group) is 1. The fourth-order valence-corrected chi connectivity index (χ4v) is 2.36. The van der Waals surface area contributed by atoms with Crippen LogP contribution in [-0.4, -0.2) is 53.7 Å². The fourth-order valence-electron chi connectivity index (χ4n) is 2.36. The minimum absolute atomic E-state index is 0.186. The van der Waals surface area contributed by atoms with Crippen molar-refractivity contribution in [1.82, 2.24) is 15.5 Å². The van der Waals surface area contributed by atoms with E-state index in [4.69, 9.17) is 0 Å². The van der Waals surface area contributed by atoms with E-state index in [2.05, 4.69) is 17.6 Å². The van der Waals surface area contributed by atoms with E-state index in [1.54, 1.807) is 0 Å². The molecule has 21 heavy (non-hydrogen) atoms. The van der Waals surface area contributed by atoms with E-state index in [0.29, 0.717) is 25.3 Å². The first-order valence-corrected chi connectivity index (χ1v) is 7.56. The largest absolute Gasteiger partial charge is 0.480 e. The van der Waals surface area contributed by atoms with Crippen molar-refractivity contribution in [2.45, 2.75) is 57.5 Å². The third kappa shape index (κ3) is 4.59. The molecular weight excluding hydrogens is 270 g/mol. The molecule has 1 rings (SSSR count). The number of carboxylic acid groups (broad SMARTS) is 1. The fraction of sp³-hybridized carbons (Fsp3) is 0.867. The molecule has 0 aliphatic heterocycles. The molecule has 1 aliphatic rings. The highest BCUT2D eigenvalue weighted by molar-refractivity contribution is 5.86. The molecule has 1 fully saturated rings. The topological polar surface area (TPSA) is 81.7 Å². The number of carbonyl (C=O) groups is 2. The third-order valence-electron chi connectivity index (χ3n) is 4.78. The number of aliphatic carboxylic acids is 1. The highest BCUT2D eigenvalue weighted by Crippen LogP contribution is 2.32. The van der Waals surface area contributed by atoms with Crippen molar-refractivity contribution in [3.8, 4) is 0 Å². The van der Waals surface area contributed by atoms with E-state index >= 15 is 0 Å². The van der Waals surface area contributed by atoms with Gasteiger partial charge >= 0.3 is 12.0 Å². The zero-order valence-corrected chi connectivity index (χ0v) is 13.8. The van der Waals surface area contributed by atoms with E-state index in [1.807, 2.05) is 32.8 Å². The molecule has 0 bridgehead atoms. The van der Waals surface area contributed by atoms with Crippen LogP contribution in [0, 0.1) is 5.92 Å². The molecule has 122 valence electrons. The second-order valence-corrected chi connectivity index (χ2v) is 7.08. The van der Waals surface area contributed by atoms with Gasteiger partial charge in [0.25, 0.3) is 0 Å². The third-order valence-corrected chi connectivity index (χ3v) is 4.78. The van der Waals surface area contributed by atoms with E-state index in [9.17, 15) is 14.7 Å². The molecule has 0 aromatic heterocycles. The van der Waals surface area contributed by atoms with E-state index < -0.39 is 17.5 Å². The molecule has 3 N–H and O–H groups in total. The maximum atomic E-state index is 12.1. The number of rotatable bonds is 5. The molecule has 0 aromatic rings. The maximum absolute atomic E-state index is 12.1. The highest BCUT2D eigenvalue weighted by Gasteiger charge is 2.42. The van der Waals surface area contributed by atoms with Crippen LogP contribution < -0.4 is 10.6 Å². The molecule has 0 heterocycles. The van der Waals surface area contributed by atoms with Gasteiger partial charge in [-0.25, -0.2) is 9.59 Å². The van der Waals surface area contributed by atoms with Crippen molar-refractivity contribution in [3.05, 3.63) is 0 Å². The average molecular weight is 299 g/mol. The van der Waals surface area contributed by atoms with Crippen molar-refractivity contribution in [1.29, 1.82) is 0 Å². The van der Waals surface area contributed by atoms with Gasteiger partial charge in [0.2, 0.25) is 0 Å². The van der Waals surface area contributed by atoms with Crippen LogP contribution in [0.15, 0.2) is 0 Å². The Bertz CT molecular complexity index is 386. The minimum Gasteiger partial charge on any atom is -0.480 e. The van der Waals surface area contributed by atoms with Gasteiger partial charge in [-0.15, -0.1) is 0 Å². The molecule has 6 heteroatoms. The summed E-state index contributed by atoms with van der Waals surface area (Å²) in [5.41, 5.74) is -1.30. The predicted octanol–water partition coefficient (Wildman–Crippen LogP) is 1.66. The number of hydrogen-bond acceptors (Lipinski definition) is 3. The van der Waals surface area contributed by atoms with Gasteiger partial charge in [-0.3, -0.25) is 0 Å². The summed E-state index contributed by atoms with van der Waals surface area (Å²) in [5, 5.41) is 15.0. The van der Waals surface area contributed by atoms with Gasteiger partial charge in [0, 0.05) is 12.1 Å². The van der Waals surface area contributed by atoms with Crippen LogP contribution in [-0.2, 0) is 4.79 Å². The standard InChI is InChI=1S/C15H29N3O3/c1-11-6-8-15(9-7-11,12(19)20)17-13(21)16-10-14(2,3)18(4)5/h11H,6-10H2,1-5H3,(H,19,20)(H2,16,17,21). The number of amides is 2. The van der Waals surface area contributed by atoms with Crippen LogP contribution in [0.25, 0.3) is 0 Å². The molecule has 0 aromatic carbocycles. The number of urea groups is 1. The summed E-state index contributed by atoms with van der Waals surface area (Å²) >= 11 is 0. The Morgan fingerprint density at radius 1 is 1.29 bits per heavy atom. The smallest absolute Gasteiger partial charge is 0.329 e. The average Bonchev–Trinajstić information content (AvgIpc) is 2.39. The van der Waals surface area contributed by atoms with Crippen LogP contribution in [0.5, 0.6) is 0 Å². The molecule has 0 saturated heterocycles. The minimum atomic E-state index is -1.11. The molecule has 0 unspecified atom stereocenters. The van der Waals surface area contributed by atoms with Crippen molar-refractivity contribution < 1.29 is 14.7 Å². The normalized spacial score (nSPS) is 26.5. The number of nitrogens with one attached hydrogen (secondary N) is 2. The molecular formula is C15H29N3O3. The molecule has 1 aliphatic carbocycles. The Hall–Kier alpha value is -1.30. The molecule has 0 radical (unpaired) electrons. The summed E-state index contributed by atoms with van der Waals surface area (Å²) in [6, 6.07) is -0.401. The number of nitrogens with zero attached hydrogens (tertiary/aromatic N) is 1. The summed E-state index contributed by atoms with van der Waals surface area (Å²) in [5.74, 6) is -0.411. The van der Waals surface area contributed by atoms with Crippen molar-refractivity contribution in [2.24, 2.45) is 5.92 Å². The predicted molar refractivity (Wildman–Crippen MR) is 82.3 cm³/mol. The molecule has 0 spiro atoms. The lowest BCUT2D eigenvalue weighted by molar-refractivity contribution is -0.146. The lowest BCUT2D eigenvalue weighted by Gasteiger charge is -2.37. The van der Waals surface area contributed by atoms with Crippen LogP contribution in [0.1, 0.15) is 46.5 Å². The van der Waals surface area contributed by atoms with Crippen molar-refractivity contribution in [2.75, 3.05) is 20.6 Å². The van der Waals surface area contributed by atoms with Crippen LogP contribution in [0.4, 0.5) is 4.79 Å². The Morgan fingerprint density at radius 2 is 1.81 bits per heavy atom. The number of carboxylic acids is 1. The van der Waals surface area contributed by atoms with Gasteiger partial charge in [0.1, 0.15) is 5.54 Å². The SMILES string of the molecule is CC1CCC(NC(=O)NCC(C)(C)N(C)C)(C(=O)O)CC1. The summed E-state index contributed by atoms with van der Waals surface area (Å²) in [4.78, 5) is 25.7. The summed E-state index contributed by atoms with van der Waals surface area (Å²) in [6.45, 7) is 6.61. The summed E-state index contributed by atoms with van der Waals surface area (Å²) < 4.78 is 0. The van der Waals surface area contributed by atoms with Gasteiger partial charge in [-0.05, 0) is 59.5 Å². The first-order valence-electron chi connectivity index (χ1n) is 7.56. The van der Waals surface area contributed by atoms with Gasteiger partial charge in [-0.2, -0.15) is 0 Å². The van der Waals surface area contributed by atoms with E-state index in [1.165, 1.54) is 0 Å². The lowest BCUT2D eigenvalue weighted by atomic mass is 9.77. The van der Waals surface area contributed by atoms with E-state index in [-0.39, 0.29) is 5.54 Å². The zero-order valence-electron chi connectivity index (χ0n) is 13.8. The summed E-state index contributed by atoms with van der Waals surface area (Å²) in [7, 11) is 3.89. The first-order chi connectivity index (χ1) is 9.59. The lowest BCUT2D eigenvalue weighted by Crippen LogP contribution is -2.60. The Kier molecular flexibility index (Phi) is 5.61. The Morgan fingerprint density at radius 3 is 2.24 bits per heavy atom. The quantitative estimate of drug-likeness (QED) is 0.721. The molecule has 6 nitrogen and oxygen atoms in total.